The number of hydrogen-bond donors (Lipinski definition) is 3. The van der Waals surface area contributed by atoms with E-state index >= 15 is 0 Å². The summed E-state index contributed by atoms with van der Waals surface area (Å²) in [6, 6.07) is 6.34. The van der Waals surface area contributed by atoms with Crippen molar-refractivity contribution >= 4 is 5.69 Å². The number of hydrogen-bond acceptors (Lipinski definition) is 4. The Morgan fingerprint density at radius 1 is 1.31 bits per heavy atom. The first kappa shape index (κ1) is 9.83. The highest BCUT2D eigenvalue weighted by atomic mass is 16.6. The van der Waals surface area contributed by atoms with Crippen LogP contribution in [-0.4, -0.2) is 17.4 Å². The summed E-state index contributed by atoms with van der Waals surface area (Å²) < 4.78 is 5.11. The molecule has 4 nitrogen and oxygen atoms in total. The minimum Gasteiger partial charge on any atom is -0.463 e. The molecule has 0 fully saturated rings. The maximum absolute atomic E-state index is 9.27. The smallest absolute Gasteiger partial charge is 0.212 e. The van der Waals surface area contributed by atoms with E-state index < -0.39 is 12.3 Å². The third kappa shape index (κ3) is 2.93. The summed E-state index contributed by atoms with van der Waals surface area (Å²) in [4.78, 5) is 0. The van der Waals surface area contributed by atoms with Crippen molar-refractivity contribution in [3.8, 4) is 5.75 Å². The van der Waals surface area contributed by atoms with Crippen LogP contribution in [0.15, 0.2) is 24.3 Å². The van der Waals surface area contributed by atoms with Crippen LogP contribution in [-0.2, 0) is 0 Å². The maximum atomic E-state index is 9.27. The quantitative estimate of drug-likeness (QED) is 0.464. The normalized spacial score (nSPS) is 15.0. The van der Waals surface area contributed by atoms with Gasteiger partial charge in [0.25, 0.3) is 0 Å². The minimum atomic E-state index is -0.983. The van der Waals surface area contributed by atoms with Crippen molar-refractivity contribution in [2.24, 2.45) is 5.73 Å². The molecule has 1 rings (SSSR count). The van der Waals surface area contributed by atoms with Crippen molar-refractivity contribution in [3.63, 3.8) is 0 Å². The second kappa shape index (κ2) is 4.11. The highest BCUT2D eigenvalue weighted by Gasteiger charge is 2.10. The first-order chi connectivity index (χ1) is 6.09. The largest absolute Gasteiger partial charge is 0.463 e. The van der Waals surface area contributed by atoms with Gasteiger partial charge in [-0.05, 0) is 31.2 Å². The van der Waals surface area contributed by atoms with Gasteiger partial charge in [0.15, 0.2) is 0 Å². The maximum Gasteiger partial charge on any atom is 0.212 e. The number of benzene rings is 1. The average Bonchev–Trinajstić information content (AvgIpc) is 2.08. The summed E-state index contributed by atoms with van der Waals surface area (Å²) in [7, 11) is 0. The standard InChI is InChI=1S/C9H14N2O2/c1-6(10)9(12)13-8-4-2-7(11)3-5-8/h2-6,9,12H,10-11H2,1H3. The number of nitrogen functional groups attached to an aromatic ring is 1. The third-order valence-corrected chi connectivity index (χ3v) is 1.59. The predicted molar refractivity (Wildman–Crippen MR) is 51.1 cm³/mol. The molecule has 0 amide bonds. The number of ether oxygens (including phenoxy) is 1. The van der Waals surface area contributed by atoms with Gasteiger partial charge in [-0.2, -0.15) is 0 Å². The molecule has 0 heterocycles. The van der Waals surface area contributed by atoms with Crippen molar-refractivity contribution in [1.82, 2.24) is 0 Å². The summed E-state index contributed by atoms with van der Waals surface area (Å²) in [5.74, 6) is 0.555. The van der Waals surface area contributed by atoms with E-state index in [-0.39, 0.29) is 0 Å². The monoisotopic (exact) mass is 182 g/mol. The van der Waals surface area contributed by atoms with Gasteiger partial charge in [-0.15, -0.1) is 0 Å². The van der Waals surface area contributed by atoms with E-state index in [1.165, 1.54) is 0 Å². The Labute approximate surface area is 77.1 Å². The van der Waals surface area contributed by atoms with Gasteiger partial charge in [-0.25, -0.2) is 0 Å². The summed E-state index contributed by atoms with van der Waals surface area (Å²) >= 11 is 0. The molecule has 1 aromatic rings. The molecule has 0 radical (unpaired) electrons. The minimum absolute atomic E-state index is 0.419. The fourth-order valence-corrected chi connectivity index (χ4v) is 0.793. The lowest BCUT2D eigenvalue weighted by Gasteiger charge is -2.16. The van der Waals surface area contributed by atoms with E-state index in [4.69, 9.17) is 16.2 Å². The molecule has 0 aliphatic heterocycles. The van der Waals surface area contributed by atoms with E-state index in [9.17, 15) is 5.11 Å². The van der Waals surface area contributed by atoms with Crippen molar-refractivity contribution in [1.29, 1.82) is 0 Å². The van der Waals surface area contributed by atoms with Crippen LogP contribution in [0.2, 0.25) is 0 Å². The van der Waals surface area contributed by atoms with Gasteiger partial charge in [0, 0.05) is 5.69 Å². The number of anilines is 1. The predicted octanol–water partition coefficient (Wildman–Crippen LogP) is 0.313. The number of nitrogens with two attached hydrogens (primary N) is 2. The van der Waals surface area contributed by atoms with Crippen LogP contribution in [0.3, 0.4) is 0 Å². The molecule has 2 atom stereocenters. The highest BCUT2D eigenvalue weighted by Crippen LogP contribution is 2.14. The van der Waals surface area contributed by atoms with Crippen molar-refractivity contribution in [2.45, 2.75) is 19.3 Å². The van der Waals surface area contributed by atoms with E-state index in [1.54, 1.807) is 31.2 Å². The Morgan fingerprint density at radius 3 is 2.31 bits per heavy atom. The van der Waals surface area contributed by atoms with E-state index in [0.29, 0.717) is 11.4 Å². The lowest BCUT2D eigenvalue weighted by atomic mass is 10.3. The lowest BCUT2D eigenvalue weighted by molar-refractivity contribution is -0.0319. The fourth-order valence-electron chi connectivity index (χ4n) is 0.793. The van der Waals surface area contributed by atoms with Gasteiger partial charge < -0.3 is 21.3 Å². The molecule has 4 heteroatoms. The van der Waals surface area contributed by atoms with Gasteiger partial charge in [0.05, 0.1) is 6.04 Å². The molecule has 5 N–H and O–H groups in total. The molecule has 0 aliphatic carbocycles. The molecule has 0 saturated heterocycles. The summed E-state index contributed by atoms with van der Waals surface area (Å²) in [5.41, 5.74) is 11.5. The lowest BCUT2D eigenvalue weighted by Crippen LogP contribution is -2.35. The van der Waals surface area contributed by atoms with E-state index in [2.05, 4.69) is 0 Å². The SMILES string of the molecule is CC(N)C(O)Oc1ccc(N)cc1. The Morgan fingerprint density at radius 2 is 1.85 bits per heavy atom. The molecule has 72 valence electrons. The van der Waals surface area contributed by atoms with Crippen molar-refractivity contribution in [2.75, 3.05) is 5.73 Å². The van der Waals surface area contributed by atoms with Gasteiger partial charge in [-0.1, -0.05) is 0 Å². The Bertz CT molecular complexity index is 259. The number of aliphatic hydroxyl groups is 1. The zero-order valence-corrected chi connectivity index (χ0v) is 7.47. The van der Waals surface area contributed by atoms with E-state index in [0.717, 1.165) is 0 Å². The van der Waals surface area contributed by atoms with Crippen LogP contribution in [0, 0.1) is 0 Å². The van der Waals surface area contributed by atoms with Crippen LogP contribution in [0.25, 0.3) is 0 Å². The summed E-state index contributed by atoms with van der Waals surface area (Å²) in [5, 5.41) is 9.27. The summed E-state index contributed by atoms with van der Waals surface area (Å²) in [6.07, 6.45) is -0.983. The summed E-state index contributed by atoms with van der Waals surface area (Å²) in [6.45, 7) is 1.67. The first-order valence-corrected chi connectivity index (χ1v) is 4.05. The third-order valence-electron chi connectivity index (χ3n) is 1.59. The second-order valence-electron chi connectivity index (χ2n) is 2.94. The van der Waals surface area contributed by atoms with Crippen LogP contribution in [0.5, 0.6) is 5.75 Å². The Balaban J connectivity index is 2.59. The molecule has 1 aromatic carbocycles. The zero-order valence-electron chi connectivity index (χ0n) is 7.47. The van der Waals surface area contributed by atoms with Gasteiger partial charge in [0.2, 0.25) is 6.29 Å². The molecular formula is C9H14N2O2. The van der Waals surface area contributed by atoms with Crippen LogP contribution >= 0.6 is 0 Å². The molecule has 0 bridgehead atoms. The van der Waals surface area contributed by atoms with Crippen LogP contribution in [0.4, 0.5) is 5.69 Å². The van der Waals surface area contributed by atoms with Gasteiger partial charge in [0.1, 0.15) is 5.75 Å². The van der Waals surface area contributed by atoms with Gasteiger partial charge in [-0.3, -0.25) is 0 Å². The van der Waals surface area contributed by atoms with E-state index in [1.807, 2.05) is 0 Å². The van der Waals surface area contributed by atoms with Crippen molar-refractivity contribution in [3.05, 3.63) is 24.3 Å². The topological polar surface area (TPSA) is 81.5 Å². The highest BCUT2D eigenvalue weighted by molar-refractivity contribution is 5.41. The van der Waals surface area contributed by atoms with Gasteiger partial charge >= 0.3 is 0 Å². The van der Waals surface area contributed by atoms with Crippen LogP contribution < -0.4 is 16.2 Å². The first-order valence-electron chi connectivity index (χ1n) is 4.05. The average molecular weight is 182 g/mol. The van der Waals surface area contributed by atoms with Crippen LogP contribution in [0.1, 0.15) is 6.92 Å². The Hall–Kier alpha value is -1.26. The molecule has 0 aromatic heterocycles. The molecule has 13 heavy (non-hydrogen) atoms. The van der Waals surface area contributed by atoms with Crippen molar-refractivity contribution < 1.29 is 9.84 Å². The fraction of sp³-hybridized carbons (Fsp3) is 0.333. The zero-order chi connectivity index (χ0) is 9.84. The number of aliphatic hydroxyl groups excluding tert-OH is 1. The molecular weight excluding hydrogens is 168 g/mol. The molecule has 0 spiro atoms. The molecule has 0 saturated carbocycles. The second-order valence-corrected chi connectivity index (χ2v) is 2.94. The Kier molecular flexibility index (Phi) is 3.11. The number of rotatable bonds is 3. The molecule has 0 aliphatic rings. The molecule has 2 unspecified atom stereocenters.